The van der Waals surface area contributed by atoms with E-state index in [-0.39, 0.29) is 5.91 Å². The number of benzene rings is 3. The van der Waals surface area contributed by atoms with E-state index >= 15 is 0 Å². The first kappa shape index (κ1) is 24.0. The number of carbonyl (C=O) groups is 1. The van der Waals surface area contributed by atoms with Gasteiger partial charge in [0.1, 0.15) is 0 Å². The van der Waals surface area contributed by atoms with Gasteiger partial charge in [-0.05, 0) is 60.1 Å². The highest BCUT2D eigenvalue weighted by molar-refractivity contribution is 7.94. The third-order valence-corrected chi connectivity index (χ3v) is 6.16. The molecule has 0 saturated carbocycles. The van der Waals surface area contributed by atoms with Gasteiger partial charge in [0.05, 0.1) is 29.7 Å². The summed E-state index contributed by atoms with van der Waals surface area (Å²) in [5.74, 6) is 0.737. The molecule has 5 nitrogen and oxygen atoms in total. The zero-order chi connectivity index (χ0) is 22.8. The molecular weight excluding hydrogens is 422 g/mol. The Hall–Kier alpha value is -2.64. The minimum Gasteiger partial charge on any atom is -0.321 e. The molecule has 0 aliphatic carbocycles. The normalized spacial score (nSPS) is 12.8. The lowest BCUT2D eigenvalue weighted by molar-refractivity contribution is -0.447. The van der Waals surface area contributed by atoms with Gasteiger partial charge < -0.3 is 5.32 Å². The Morgan fingerprint density at radius 1 is 0.938 bits per heavy atom. The van der Waals surface area contributed by atoms with Crippen molar-refractivity contribution in [3.05, 3.63) is 95.6 Å². The van der Waals surface area contributed by atoms with Crippen molar-refractivity contribution in [2.24, 2.45) is 0 Å². The summed E-state index contributed by atoms with van der Waals surface area (Å²) >= 11 is 0.959. The molecule has 32 heavy (non-hydrogen) atoms. The Morgan fingerprint density at radius 2 is 1.62 bits per heavy atom. The minimum atomic E-state index is -0.180. The van der Waals surface area contributed by atoms with Gasteiger partial charge in [-0.1, -0.05) is 73.5 Å². The number of anilines is 1. The lowest BCUT2D eigenvalue weighted by atomic mass is 9.84. The predicted octanol–water partition coefficient (Wildman–Crippen LogP) is 7.14. The van der Waals surface area contributed by atoms with Crippen LogP contribution in [0.15, 0.2) is 83.8 Å². The number of carbonyl (C=O) groups excluding carboxylic acids is 1. The van der Waals surface area contributed by atoms with Crippen LogP contribution in [-0.4, -0.2) is 13.0 Å². The molecule has 0 saturated heterocycles. The van der Waals surface area contributed by atoms with Crippen LogP contribution < -0.4 is 5.32 Å². The molecule has 0 radical (unpaired) electrons. The highest BCUT2D eigenvalue weighted by atomic mass is 32.2. The Kier molecular flexibility index (Phi) is 9.31. The summed E-state index contributed by atoms with van der Waals surface area (Å²) < 4.78 is 4.85. The second-order valence-corrected chi connectivity index (χ2v) is 8.35. The van der Waals surface area contributed by atoms with E-state index in [0.717, 1.165) is 24.9 Å². The topological polar surface area (TPSA) is 56.8 Å². The molecule has 0 heterocycles. The Bertz CT molecular complexity index is 979. The van der Waals surface area contributed by atoms with Crippen LogP contribution in [0, 0.1) is 0 Å². The smallest absolute Gasteiger partial charge is 0.255 e. The molecule has 3 aromatic rings. The fraction of sp³-hybridized carbons (Fsp3) is 0.269. The summed E-state index contributed by atoms with van der Waals surface area (Å²) in [6, 6.07) is 25.8. The maximum Gasteiger partial charge on any atom is 0.255 e. The number of rotatable bonds is 11. The number of hydrogen-bond acceptors (Lipinski definition) is 5. The van der Waals surface area contributed by atoms with Crippen molar-refractivity contribution >= 4 is 23.6 Å². The minimum absolute atomic E-state index is 0.180. The second-order valence-electron chi connectivity index (χ2n) is 7.61. The van der Waals surface area contributed by atoms with Gasteiger partial charge in [-0.15, -0.1) is 4.33 Å². The predicted molar refractivity (Wildman–Crippen MR) is 128 cm³/mol. The van der Waals surface area contributed by atoms with Crippen molar-refractivity contribution in [3.8, 4) is 0 Å². The first-order valence-corrected chi connectivity index (χ1v) is 11.5. The quantitative estimate of drug-likeness (QED) is 0.145. The SMILES string of the molecule is CCC(CC(C)c1ccc(C(=O)Nc2ccccc2SOOOC)cc1)c1ccccc1. The summed E-state index contributed by atoms with van der Waals surface area (Å²) in [7, 11) is 1.35. The second kappa shape index (κ2) is 12.4. The Balaban J connectivity index is 1.63. The third-order valence-electron chi connectivity index (χ3n) is 5.50. The van der Waals surface area contributed by atoms with Gasteiger partial charge in [-0.3, -0.25) is 4.79 Å². The summed E-state index contributed by atoms with van der Waals surface area (Å²) in [6.07, 6.45) is 2.17. The van der Waals surface area contributed by atoms with E-state index in [0.29, 0.717) is 28.0 Å². The van der Waals surface area contributed by atoms with Crippen molar-refractivity contribution in [1.29, 1.82) is 0 Å². The molecule has 0 bridgehead atoms. The van der Waals surface area contributed by atoms with Gasteiger partial charge in [0.2, 0.25) is 0 Å². The first-order chi connectivity index (χ1) is 15.6. The van der Waals surface area contributed by atoms with Gasteiger partial charge in [0.15, 0.2) is 0 Å². The fourth-order valence-electron chi connectivity index (χ4n) is 3.70. The largest absolute Gasteiger partial charge is 0.321 e. The molecule has 0 fully saturated rings. The van der Waals surface area contributed by atoms with Crippen molar-refractivity contribution in [3.63, 3.8) is 0 Å². The molecule has 2 unspecified atom stereocenters. The molecule has 3 rings (SSSR count). The van der Waals surface area contributed by atoms with E-state index in [1.807, 2.05) is 42.5 Å². The third kappa shape index (κ3) is 6.68. The molecule has 0 aliphatic heterocycles. The maximum absolute atomic E-state index is 12.8. The average molecular weight is 452 g/mol. The monoisotopic (exact) mass is 451 g/mol. The van der Waals surface area contributed by atoms with Crippen molar-refractivity contribution < 1.29 is 19.1 Å². The van der Waals surface area contributed by atoms with Gasteiger partial charge in [0, 0.05) is 5.56 Å². The number of nitrogens with one attached hydrogen (secondary N) is 1. The molecule has 6 heteroatoms. The zero-order valence-electron chi connectivity index (χ0n) is 18.6. The first-order valence-electron chi connectivity index (χ1n) is 10.7. The van der Waals surface area contributed by atoms with Crippen LogP contribution in [0.4, 0.5) is 5.69 Å². The van der Waals surface area contributed by atoms with E-state index in [1.165, 1.54) is 18.2 Å². The lowest BCUT2D eigenvalue weighted by Crippen LogP contribution is -2.12. The zero-order valence-corrected chi connectivity index (χ0v) is 19.4. The van der Waals surface area contributed by atoms with Crippen LogP contribution in [-0.2, 0) is 14.3 Å². The van der Waals surface area contributed by atoms with Crippen molar-refractivity contribution in [1.82, 2.24) is 0 Å². The highest BCUT2D eigenvalue weighted by Crippen LogP contribution is 2.32. The lowest BCUT2D eigenvalue weighted by Gasteiger charge is -2.21. The van der Waals surface area contributed by atoms with Crippen molar-refractivity contribution in [2.45, 2.75) is 43.4 Å². The number of amides is 1. The van der Waals surface area contributed by atoms with Gasteiger partial charge in [-0.25, -0.2) is 4.89 Å². The van der Waals surface area contributed by atoms with E-state index in [2.05, 4.69) is 59.4 Å². The number of hydrogen-bond donors (Lipinski definition) is 1. The van der Waals surface area contributed by atoms with E-state index < -0.39 is 0 Å². The van der Waals surface area contributed by atoms with E-state index in [4.69, 9.17) is 4.33 Å². The molecule has 1 amide bonds. The molecule has 2 atom stereocenters. The van der Waals surface area contributed by atoms with Crippen LogP contribution >= 0.6 is 12.0 Å². The van der Waals surface area contributed by atoms with Crippen LogP contribution in [0.25, 0.3) is 0 Å². The van der Waals surface area contributed by atoms with Crippen LogP contribution in [0.1, 0.15) is 60.0 Å². The van der Waals surface area contributed by atoms with Crippen molar-refractivity contribution in [2.75, 3.05) is 12.4 Å². The summed E-state index contributed by atoms with van der Waals surface area (Å²) in [4.78, 5) is 17.9. The van der Waals surface area contributed by atoms with Gasteiger partial charge in [-0.2, -0.15) is 0 Å². The van der Waals surface area contributed by atoms with Gasteiger partial charge >= 0.3 is 0 Å². The molecule has 0 aromatic heterocycles. The Morgan fingerprint density at radius 3 is 2.31 bits per heavy atom. The summed E-state index contributed by atoms with van der Waals surface area (Å²) in [5, 5.41) is 7.36. The van der Waals surface area contributed by atoms with Crippen LogP contribution in [0.3, 0.4) is 0 Å². The maximum atomic E-state index is 12.8. The molecule has 0 aliphatic rings. The molecule has 168 valence electrons. The van der Waals surface area contributed by atoms with Crippen LogP contribution in [0.5, 0.6) is 0 Å². The summed E-state index contributed by atoms with van der Waals surface area (Å²) in [6.45, 7) is 4.48. The van der Waals surface area contributed by atoms with E-state index in [1.54, 1.807) is 6.07 Å². The average Bonchev–Trinajstić information content (AvgIpc) is 2.84. The van der Waals surface area contributed by atoms with Gasteiger partial charge in [0.25, 0.3) is 5.91 Å². The molecule has 1 N–H and O–H groups in total. The molecule has 3 aromatic carbocycles. The standard InChI is InChI=1S/C26H29NO4S/c1-4-20(22-10-6-5-7-11-22)18-19(2)21-14-16-23(17-15-21)26(28)27-24-12-8-9-13-25(24)32-31-30-29-3/h5-17,19-20H,4,18H2,1-3H3,(H,27,28). The highest BCUT2D eigenvalue weighted by Gasteiger charge is 2.16. The van der Waals surface area contributed by atoms with E-state index in [9.17, 15) is 4.79 Å². The molecular formula is C26H29NO4S. The summed E-state index contributed by atoms with van der Waals surface area (Å²) in [5.41, 5.74) is 3.85. The number of para-hydroxylation sites is 1. The van der Waals surface area contributed by atoms with Crippen LogP contribution in [0.2, 0.25) is 0 Å². The fourth-order valence-corrected chi connectivity index (χ4v) is 4.20. The molecule has 0 spiro atoms. The Labute approximate surface area is 194 Å².